The van der Waals surface area contributed by atoms with E-state index in [4.69, 9.17) is 22.1 Å². The van der Waals surface area contributed by atoms with Crippen molar-refractivity contribution in [1.82, 2.24) is 24.8 Å². The van der Waals surface area contributed by atoms with E-state index in [2.05, 4.69) is 25.2 Å². The highest BCUT2D eigenvalue weighted by molar-refractivity contribution is 6.30. The first-order valence-electron chi connectivity index (χ1n) is 9.98. The number of unbranched alkanes of at least 4 members (excludes halogenated alkanes) is 1. The molecule has 3 aromatic rings. The molecule has 9 nitrogen and oxygen atoms in total. The summed E-state index contributed by atoms with van der Waals surface area (Å²) in [7, 11) is 0. The van der Waals surface area contributed by atoms with Crippen molar-refractivity contribution in [2.45, 2.75) is 32.4 Å². The van der Waals surface area contributed by atoms with Crippen LogP contribution in [-0.4, -0.2) is 45.3 Å². The quantitative estimate of drug-likeness (QED) is 0.529. The largest absolute Gasteiger partial charge is 0.450 e. The Morgan fingerprint density at radius 3 is 2.90 bits per heavy atom. The van der Waals surface area contributed by atoms with E-state index in [9.17, 15) is 4.79 Å². The maximum Gasteiger partial charge on any atom is 0.407 e. The minimum atomic E-state index is -0.442. The molecule has 3 heterocycles. The Bertz CT molecular complexity index is 1040. The van der Waals surface area contributed by atoms with Crippen LogP contribution >= 0.6 is 11.6 Å². The number of carbonyl (C=O) groups excluding carboxylic acids is 1. The van der Waals surface area contributed by atoms with Gasteiger partial charge < -0.3 is 25.3 Å². The molecule has 0 saturated carbocycles. The number of nitrogens with one attached hydrogen (secondary N) is 1. The molecule has 0 atom stereocenters. The summed E-state index contributed by atoms with van der Waals surface area (Å²) in [5.41, 5.74) is 8.33. The van der Waals surface area contributed by atoms with E-state index >= 15 is 0 Å². The number of alkyl carbamates (subject to hydrolysis) is 1. The number of halogens is 1. The van der Waals surface area contributed by atoms with Gasteiger partial charge in [-0.3, -0.25) is 0 Å². The third kappa shape index (κ3) is 4.73. The molecule has 4 rings (SSSR count). The number of aryl methyl sites for hydroxylation is 1. The van der Waals surface area contributed by atoms with Gasteiger partial charge in [0.1, 0.15) is 5.52 Å². The molecule has 0 unspecified atom stereocenters. The summed E-state index contributed by atoms with van der Waals surface area (Å²) in [6.07, 6.45) is 3.98. The molecule has 1 amide bonds. The molecule has 1 saturated heterocycles. The Hall–Kier alpha value is -3.07. The van der Waals surface area contributed by atoms with Crippen LogP contribution in [0, 0.1) is 0 Å². The number of benzene rings is 1. The number of aromatic nitrogens is 4. The molecule has 1 fully saturated rings. The monoisotopic (exact) mass is 429 g/mol. The molecule has 0 spiro atoms. The van der Waals surface area contributed by atoms with Crippen molar-refractivity contribution >= 4 is 40.6 Å². The first kappa shape index (κ1) is 20.2. The second kappa shape index (κ2) is 9.17. The van der Waals surface area contributed by atoms with E-state index in [-0.39, 0.29) is 0 Å². The number of rotatable bonds is 8. The van der Waals surface area contributed by atoms with Crippen molar-refractivity contribution in [3.05, 3.63) is 41.2 Å². The van der Waals surface area contributed by atoms with Gasteiger partial charge in [0.25, 0.3) is 0 Å². The fourth-order valence-corrected chi connectivity index (χ4v) is 3.41. The van der Waals surface area contributed by atoms with Gasteiger partial charge in [-0.1, -0.05) is 23.7 Å². The topological polar surface area (TPSA) is 111 Å². The fraction of sp³-hybridized carbons (Fsp3) is 0.400. The number of hydrogen-bond acceptors (Lipinski definition) is 7. The molecule has 30 heavy (non-hydrogen) atoms. The van der Waals surface area contributed by atoms with Crippen LogP contribution < -0.4 is 16.0 Å². The van der Waals surface area contributed by atoms with Crippen LogP contribution in [0.1, 0.15) is 24.8 Å². The van der Waals surface area contributed by atoms with Crippen LogP contribution in [0.5, 0.6) is 0 Å². The summed E-state index contributed by atoms with van der Waals surface area (Å²) < 4.78 is 7.20. The van der Waals surface area contributed by atoms with Crippen LogP contribution in [0.2, 0.25) is 5.02 Å². The zero-order chi connectivity index (χ0) is 20.9. The Kier molecular flexibility index (Phi) is 6.18. The molecule has 0 bridgehead atoms. The fourth-order valence-electron chi connectivity index (χ4n) is 3.20. The minimum Gasteiger partial charge on any atom is -0.450 e. The number of nitrogens with zero attached hydrogens (tertiary/aromatic N) is 5. The van der Waals surface area contributed by atoms with E-state index in [0.29, 0.717) is 42.0 Å². The van der Waals surface area contributed by atoms with E-state index in [1.54, 1.807) is 18.5 Å². The highest BCUT2D eigenvalue weighted by Crippen LogP contribution is 2.23. The number of anilines is 2. The lowest BCUT2D eigenvalue weighted by molar-refractivity contribution is 0.143. The van der Waals surface area contributed by atoms with Gasteiger partial charge in [0.2, 0.25) is 5.95 Å². The highest BCUT2D eigenvalue weighted by atomic mass is 35.5. The number of hydrogen-bond donors (Lipinski definition) is 2. The number of fused-ring (bicyclic) bond motifs is 1. The highest BCUT2D eigenvalue weighted by Gasteiger charge is 2.20. The van der Waals surface area contributed by atoms with Gasteiger partial charge >= 0.3 is 6.09 Å². The zero-order valence-corrected chi connectivity index (χ0v) is 17.3. The molecular formula is C20H24ClN7O2. The summed E-state index contributed by atoms with van der Waals surface area (Å²) in [6.45, 7) is 3.33. The number of nitrogen functional groups attached to an aromatic ring is 1. The molecule has 0 aliphatic carbocycles. The molecule has 158 valence electrons. The number of nitrogens with two attached hydrogens (primary N) is 1. The minimum absolute atomic E-state index is 0.337. The van der Waals surface area contributed by atoms with Crippen molar-refractivity contribution in [1.29, 1.82) is 0 Å². The lowest BCUT2D eigenvalue weighted by atomic mass is 10.2. The molecular weight excluding hydrogens is 406 g/mol. The van der Waals surface area contributed by atoms with Crippen molar-refractivity contribution < 1.29 is 9.53 Å². The summed E-state index contributed by atoms with van der Waals surface area (Å²) in [4.78, 5) is 27.3. The van der Waals surface area contributed by atoms with Gasteiger partial charge in [-0.05, 0) is 37.0 Å². The summed E-state index contributed by atoms with van der Waals surface area (Å²) >= 11 is 5.93. The van der Waals surface area contributed by atoms with E-state index in [1.165, 1.54) is 0 Å². The summed E-state index contributed by atoms with van der Waals surface area (Å²) in [5.74, 6) is 1.06. The van der Waals surface area contributed by atoms with Crippen molar-refractivity contribution in [2.75, 3.05) is 30.3 Å². The van der Waals surface area contributed by atoms with Gasteiger partial charge in [-0.25, -0.2) is 9.78 Å². The second-order valence-corrected chi connectivity index (χ2v) is 7.62. The molecule has 1 aromatic carbocycles. The standard InChI is InChI=1S/C20H24ClN7O2/c21-15-6-3-5-14(11-15)12-23-20(29)30-10-2-1-7-28-13-24-16-17(22)25-19(26-18(16)28)27-8-4-9-27/h3,5-6,11,13H,1-2,4,7-10,12H2,(H,23,29)(H2,22,25,26). The van der Waals surface area contributed by atoms with Gasteiger partial charge in [0, 0.05) is 31.2 Å². The Balaban J connectivity index is 1.22. The van der Waals surface area contributed by atoms with Crippen molar-refractivity contribution in [3.8, 4) is 0 Å². The number of ether oxygens (including phenoxy) is 1. The lowest BCUT2D eigenvalue weighted by Crippen LogP contribution is -2.38. The molecule has 2 aromatic heterocycles. The lowest BCUT2D eigenvalue weighted by Gasteiger charge is -2.30. The van der Waals surface area contributed by atoms with Crippen LogP contribution in [0.25, 0.3) is 11.2 Å². The van der Waals surface area contributed by atoms with Gasteiger partial charge in [-0.2, -0.15) is 9.97 Å². The molecule has 0 radical (unpaired) electrons. The van der Waals surface area contributed by atoms with Gasteiger partial charge in [-0.15, -0.1) is 0 Å². The molecule has 10 heteroatoms. The normalized spacial score (nSPS) is 13.3. The first-order chi connectivity index (χ1) is 14.6. The Labute approximate surface area is 179 Å². The average molecular weight is 430 g/mol. The predicted octanol–water partition coefficient (Wildman–Crippen LogP) is 2.98. The molecule has 3 N–H and O–H groups in total. The second-order valence-electron chi connectivity index (χ2n) is 7.19. The molecule has 1 aliphatic rings. The van der Waals surface area contributed by atoms with Crippen LogP contribution in [0.4, 0.5) is 16.6 Å². The smallest absolute Gasteiger partial charge is 0.407 e. The third-order valence-electron chi connectivity index (χ3n) is 4.97. The van der Waals surface area contributed by atoms with E-state index in [0.717, 1.165) is 43.6 Å². The number of imidazole rings is 1. The maximum absolute atomic E-state index is 11.8. The molecule has 1 aliphatic heterocycles. The van der Waals surface area contributed by atoms with Crippen LogP contribution in [-0.2, 0) is 17.8 Å². The van der Waals surface area contributed by atoms with Crippen molar-refractivity contribution in [3.63, 3.8) is 0 Å². The van der Waals surface area contributed by atoms with Crippen LogP contribution in [0.15, 0.2) is 30.6 Å². The SMILES string of the molecule is Nc1nc(N2CCC2)nc2c1ncn2CCCCOC(=O)NCc1cccc(Cl)c1. The Morgan fingerprint density at radius 1 is 1.27 bits per heavy atom. The van der Waals surface area contributed by atoms with E-state index in [1.807, 2.05) is 16.7 Å². The van der Waals surface area contributed by atoms with Crippen molar-refractivity contribution in [2.24, 2.45) is 0 Å². The number of amides is 1. The Morgan fingerprint density at radius 2 is 2.13 bits per heavy atom. The van der Waals surface area contributed by atoms with E-state index < -0.39 is 6.09 Å². The maximum atomic E-state index is 11.8. The van der Waals surface area contributed by atoms with Crippen LogP contribution in [0.3, 0.4) is 0 Å². The zero-order valence-electron chi connectivity index (χ0n) is 16.6. The number of carbonyl (C=O) groups is 1. The summed E-state index contributed by atoms with van der Waals surface area (Å²) in [6, 6.07) is 7.33. The first-order valence-corrected chi connectivity index (χ1v) is 10.4. The third-order valence-corrected chi connectivity index (χ3v) is 5.21. The summed E-state index contributed by atoms with van der Waals surface area (Å²) in [5, 5.41) is 3.36. The van der Waals surface area contributed by atoms with Gasteiger partial charge in [0.15, 0.2) is 11.5 Å². The average Bonchev–Trinajstić information content (AvgIpc) is 3.08. The van der Waals surface area contributed by atoms with Gasteiger partial charge in [0.05, 0.1) is 12.9 Å². The predicted molar refractivity (Wildman–Crippen MR) is 115 cm³/mol.